The van der Waals surface area contributed by atoms with Crippen molar-refractivity contribution in [2.75, 3.05) is 5.32 Å². The number of nitrogens with zero attached hydrogens (tertiary/aromatic N) is 5. The number of aryl methyl sites for hydroxylation is 1. The molecule has 1 amide bonds. The fourth-order valence-electron chi connectivity index (χ4n) is 3.66. The molecule has 5 rings (SSSR count). The molecular weight excluding hydrogens is 385 g/mol. The Morgan fingerprint density at radius 3 is 2.96 bits per heavy atom. The third kappa shape index (κ3) is 2.47. The van der Waals surface area contributed by atoms with Crippen LogP contribution in [0.4, 0.5) is 10.2 Å². The number of carbonyl (C=O) groups is 1. The van der Waals surface area contributed by atoms with Gasteiger partial charge in [0.1, 0.15) is 23.5 Å². The van der Waals surface area contributed by atoms with Crippen LogP contribution >= 0.6 is 11.6 Å². The standard InChI is InChI=1S/C18H13ClFN7O/c1-8-14-11(10-3-2-9(20)4-12(10)19)5-13(28)25-17(14)27(26-8)18-15-16(22-6-21-15)23-7-24-18/h2-4,6-7,11H,5H2,1H3,(H,25,28)(H,21,22,23,24). The SMILES string of the molecule is Cc1nn(-c2ncnc3nc[nH]c23)c2c1C(c1ccc(F)cc1Cl)CC(=O)N2. The van der Waals surface area contributed by atoms with E-state index in [2.05, 4.69) is 30.4 Å². The van der Waals surface area contributed by atoms with Crippen molar-refractivity contribution >= 4 is 34.5 Å². The molecule has 0 radical (unpaired) electrons. The number of aromatic nitrogens is 6. The number of halogens is 2. The van der Waals surface area contributed by atoms with Gasteiger partial charge in [0.2, 0.25) is 5.91 Å². The molecule has 28 heavy (non-hydrogen) atoms. The maximum absolute atomic E-state index is 13.5. The Morgan fingerprint density at radius 2 is 2.14 bits per heavy atom. The summed E-state index contributed by atoms with van der Waals surface area (Å²) in [6.07, 6.45) is 3.10. The summed E-state index contributed by atoms with van der Waals surface area (Å²) in [6.45, 7) is 1.85. The molecule has 8 nitrogen and oxygen atoms in total. The van der Waals surface area contributed by atoms with E-state index >= 15 is 0 Å². The first-order valence-corrected chi connectivity index (χ1v) is 8.89. The second kappa shape index (κ2) is 6.10. The highest BCUT2D eigenvalue weighted by Gasteiger charge is 2.34. The minimum absolute atomic E-state index is 0.186. The molecule has 0 saturated heterocycles. The summed E-state index contributed by atoms with van der Waals surface area (Å²) in [6, 6.07) is 4.20. The average molecular weight is 398 g/mol. The first kappa shape index (κ1) is 16.8. The molecule has 4 heterocycles. The number of hydrogen-bond donors (Lipinski definition) is 2. The lowest BCUT2D eigenvalue weighted by molar-refractivity contribution is -0.116. The molecule has 1 aromatic carbocycles. The summed E-state index contributed by atoms with van der Waals surface area (Å²) in [5.74, 6) is 0.0228. The molecule has 0 fully saturated rings. The van der Waals surface area contributed by atoms with Gasteiger partial charge >= 0.3 is 0 Å². The Bertz CT molecular complexity index is 1250. The molecule has 10 heteroatoms. The normalized spacial score (nSPS) is 16.2. The molecule has 3 aromatic heterocycles. The number of rotatable bonds is 2. The number of hydrogen-bond acceptors (Lipinski definition) is 5. The Balaban J connectivity index is 1.73. The molecule has 1 aliphatic rings. The molecule has 0 aliphatic carbocycles. The molecule has 1 atom stereocenters. The summed E-state index contributed by atoms with van der Waals surface area (Å²) >= 11 is 6.28. The van der Waals surface area contributed by atoms with Crippen molar-refractivity contribution in [2.45, 2.75) is 19.3 Å². The fourth-order valence-corrected chi connectivity index (χ4v) is 3.96. The predicted octanol–water partition coefficient (Wildman–Crippen LogP) is 3.11. The van der Waals surface area contributed by atoms with Gasteiger partial charge in [0, 0.05) is 22.9 Å². The molecule has 140 valence electrons. The van der Waals surface area contributed by atoms with Gasteiger partial charge in [-0.05, 0) is 24.6 Å². The van der Waals surface area contributed by atoms with Crippen LogP contribution in [0.3, 0.4) is 0 Å². The lowest BCUT2D eigenvalue weighted by atomic mass is 9.86. The number of carbonyl (C=O) groups excluding carboxylic acids is 1. The van der Waals surface area contributed by atoms with Gasteiger partial charge in [0.05, 0.1) is 12.0 Å². The first-order valence-electron chi connectivity index (χ1n) is 8.51. The number of aromatic amines is 1. The number of imidazole rings is 1. The largest absolute Gasteiger partial charge is 0.340 e. The summed E-state index contributed by atoms with van der Waals surface area (Å²) in [4.78, 5) is 28.0. The van der Waals surface area contributed by atoms with Crippen molar-refractivity contribution in [3.8, 4) is 5.82 Å². The van der Waals surface area contributed by atoms with Crippen molar-refractivity contribution in [1.29, 1.82) is 0 Å². The fraction of sp³-hybridized carbons (Fsp3) is 0.167. The lowest BCUT2D eigenvalue weighted by Crippen LogP contribution is -2.25. The Hall–Kier alpha value is -3.33. The molecule has 1 unspecified atom stereocenters. The zero-order valence-corrected chi connectivity index (χ0v) is 15.3. The minimum atomic E-state index is -0.427. The van der Waals surface area contributed by atoms with Crippen molar-refractivity contribution in [3.63, 3.8) is 0 Å². The summed E-state index contributed by atoms with van der Waals surface area (Å²) in [5.41, 5.74) is 3.30. The van der Waals surface area contributed by atoms with Crippen LogP contribution in [0.5, 0.6) is 0 Å². The number of nitrogens with one attached hydrogen (secondary N) is 2. The van der Waals surface area contributed by atoms with E-state index in [1.807, 2.05) is 6.92 Å². The third-order valence-electron chi connectivity index (χ3n) is 4.84. The minimum Gasteiger partial charge on any atom is -0.340 e. The van der Waals surface area contributed by atoms with Gasteiger partial charge in [-0.2, -0.15) is 9.78 Å². The second-order valence-corrected chi connectivity index (χ2v) is 6.94. The van der Waals surface area contributed by atoms with Gasteiger partial charge < -0.3 is 10.3 Å². The summed E-state index contributed by atoms with van der Waals surface area (Å²) in [5, 5.41) is 7.76. The van der Waals surface area contributed by atoms with Crippen LogP contribution in [-0.4, -0.2) is 35.6 Å². The molecule has 1 aliphatic heterocycles. The zero-order valence-electron chi connectivity index (χ0n) is 14.6. The Morgan fingerprint density at radius 1 is 1.29 bits per heavy atom. The van der Waals surface area contributed by atoms with Crippen LogP contribution < -0.4 is 5.32 Å². The molecular formula is C18H13ClFN7O. The third-order valence-corrected chi connectivity index (χ3v) is 5.17. The van der Waals surface area contributed by atoms with E-state index < -0.39 is 5.82 Å². The summed E-state index contributed by atoms with van der Waals surface area (Å²) in [7, 11) is 0. The van der Waals surface area contributed by atoms with E-state index in [4.69, 9.17) is 11.6 Å². The highest BCUT2D eigenvalue weighted by atomic mass is 35.5. The van der Waals surface area contributed by atoms with Crippen molar-refractivity contribution < 1.29 is 9.18 Å². The number of benzene rings is 1. The smallest absolute Gasteiger partial charge is 0.226 e. The van der Waals surface area contributed by atoms with Gasteiger partial charge in [-0.1, -0.05) is 17.7 Å². The van der Waals surface area contributed by atoms with Crippen molar-refractivity contribution in [3.05, 3.63) is 58.5 Å². The monoisotopic (exact) mass is 397 g/mol. The topological polar surface area (TPSA) is 101 Å². The van der Waals surface area contributed by atoms with Crippen LogP contribution in [-0.2, 0) is 4.79 Å². The predicted molar refractivity (Wildman–Crippen MR) is 100 cm³/mol. The van der Waals surface area contributed by atoms with Gasteiger partial charge in [0.25, 0.3) is 0 Å². The maximum Gasteiger partial charge on any atom is 0.226 e. The average Bonchev–Trinajstić information content (AvgIpc) is 3.26. The Kier molecular flexibility index (Phi) is 3.66. The lowest BCUT2D eigenvalue weighted by Gasteiger charge is -2.25. The molecule has 0 bridgehead atoms. The second-order valence-electron chi connectivity index (χ2n) is 6.53. The van der Waals surface area contributed by atoms with Gasteiger partial charge in [-0.15, -0.1) is 0 Å². The Labute approximate surface area is 162 Å². The molecule has 0 spiro atoms. The van der Waals surface area contributed by atoms with E-state index in [0.717, 1.165) is 5.56 Å². The number of anilines is 1. The maximum atomic E-state index is 13.5. The van der Waals surface area contributed by atoms with E-state index in [1.54, 1.807) is 10.7 Å². The summed E-state index contributed by atoms with van der Waals surface area (Å²) < 4.78 is 15.1. The number of H-pyrrole nitrogens is 1. The van der Waals surface area contributed by atoms with Gasteiger partial charge in [-0.3, -0.25) is 4.79 Å². The van der Waals surface area contributed by atoms with E-state index in [9.17, 15) is 9.18 Å². The quantitative estimate of drug-likeness (QED) is 0.541. The molecule has 4 aromatic rings. The van der Waals surface area contributed by atoms with Crippen LogP contribution in [0.2, 0.25) is 5.02 Å². The highest BCUT2D eigenvalue weighted by molar-refractivity contribution is 6.31. The van der Waals surface area contributed by atoms with E-state index in [1.165, 1.54) is 24.8 Å². The number of amides is 1. The van der Waals surface area contributed by atoms with Gasteiger partial charge in [-0.25, -0.2) is 19.3 Å². The molecule has 0 saturated carbocycles. The van der Waals surface area contributed by atoms with Crippen LogP contribution in [0, 0.1) is 12.7 Å². The van der Waals surface area contributed by atoms with Crippen LogP contribution in [0.1, 0.15) is 29.2 Å². The van der Waals surface area contributed by atoms with Crippen LogP contribution in [0.15, 0.2) is 30.9 Å². The van der Waals surface area contributed by atoms with E-state index in [-0.39, 0.29) is 23.3 Å². The van der Waals surface area contributed by atoms with Gasteiger partial charge in [0.15, 0.2) is 11.5 Å². The van der Waals surface area contributed by atoms with Crippen molar-refractivity contribution in [1.82, 2.24) is 29.7 Å². The first-order chi connectivity index (χ1) is 13.5. The molecule has 2 N–H and O–H groups in total. The number of fused-ring (bicyclic) bond motifs is 2. The van der Waals surface area contributed by atoms with E-state index in [0.29, 0.717) is 34.1 Å². The van der Waals surface area contributed by atoms with Crippen LogP contribution in [0.25, 0.3) is 17.0 Å². The zero-order chi connectivity index (χ0) is 19.4. The van der Waals surface area contributed by atoms with Crippen molar-refractivity contribution in [2.24, 2.45) is 0 Å². The highest BCUT2D eigenvalue weighted by Crippen LogP contribution is 2.42.